The third-order valence-electron chi connectivity index (χ3n) is 6.93. The maximum Gasteiger partial charge on any atom is 0.416 e. The van der Waals surface area contributed by atoms with Crippen molar-refractivity contribution in [1.29, 1.82) is 5.41 Å². The Morgan fingerprint density at radius 2 is 1.46 bits per heavy atom. The number of anilines is 1. The fourth-order valence-electron chi connectivity index (χ4n) is 4.84. The van der Waals surface area contributed by atoms with E-state index in [1.165, 1.54) is 0 Å². The number of alkyl halides is 9. The Bertz CT molecular complexity index is 1310. The van der Waals surface area contributed by atoms with Gasteiger partial charge < -0.3 is 26.8 Å². The summed E-state index contributed by atoms with van der Waals surface area (Å²) in [6, 6.07) is 1.44. The Labute approximate surface area is 260 Å². The van der Waals surface area contributed by atoms with Crippen LogP contribution in [0.2, 0.25) is 0 Å². The molecule has 0 spiro atoms. The monoisotopic (exact) mass is 672 g/mol. The zero-order chi connectivity index (χ0) is 35.2. The van der Waals surface area contributed by atoms with Crippen LogP contribution < -0.4 is 22.1 Å². The van der Waals surface area contributed by atoms with Gasteiger partial charge in [0, 0.05) is 12.6 Å². The van der Waals surface area contributed by atoms with Gasteiger partial charge in [-0.25, -0.2) is 4.79 Å². The van der Waals surface area contributed by atoms with E-state index < -0.39 is 77.6 Å². The molecule has 0 aliphatic carbocycles. The number of guanidine groups is 1. The molecule has 2 atom stereocenters. The van der Waals surface area contributed by atoms with Crippen molar-refractivity contribution in [1.82, 2.24) is 4.90 Å². The second-order valence-corrected chi connectivity index (χ2v) is 10.7. The van der Waals surface area contributed by atoms with Gasteiger partial charge in [-0.05, 0) is 93.7 Å². The van der Waals surface area contributed by atoms with Crippen molar-refractivity contribution in [2.45, 2.75) is 83.3 Å². The van der Waals surface area contributed by atoms with Gasteiger partial charge in [-0.15, -0.1) is 0 Å². The van der Waals surface area contributed by atoms with E-state index in [0.29, 0.717) is 12.1 Å². The molecular weight excluding hydrogens is 635 g/mol. The van der Waals surface area contributed by atoms with Crippen molar-refractivity contribution in [3.05, 3.63) is 64.2 Å². The summed E-state index contributed by atoms with van der Waals surface area (Å²) in [4.78, 5) is 15.1. The van der Waals surface area contributed by atoms with Crippen molar-refractivity contribution >= 4 is 17.7 Å². The molecule has 0 saturated heterocycles. The first kappa shape index (κ1) is 38.5. The highest BCUT2D eigenvalue weighted by molar-refractivity contribution is 5.91. The number of halogens is 9. The number of nitrogens with zero attached hydrogens (tertiary/aromatic N) is 2. The van der Waals surface area contributed by atoms with Crippen molar-refractivity contribution < 1.29 is 49.0 Å². The van der Waals surface area contributed by atoms with Crippen LogP contribution in [0.4, 0.5) is 50.0 Å². The van der Waals surface area contributed by atoms with E-state index >= 15 is 0 Å². The quantitative estimate of drug-likeness (QED) is 0.142. The fraction of sp³-hybridized carbons (Fsp3) is 0.517. The van der Waals surface area contributed by atoms with Gasteiger partial charge in [-0.3, -0.25) is 10.3 Å². The molecule has 1 aliphatic rings. The highest BCUT2D eigenvalue weighted by atomic mass is 19.4. The number of hydrogen-bond acceptors (Lipinski definition) is 5. The maximum absolute atomic E-state index is 13.7. The van der Waals surface area contributed by atoms with E-state index in [4.69, 9.17) is 27.3 Å². The highest BCUT2D eigenvalue weighted by Crippen LogP contribution is 2.45. The predicted octanol–water partition coefficient (Wildman–Crippen LogP) is 7.01. The molecule has 2 aromatic rings. The van der Waals surface area contributed by atoms with E-state index in [1.54, 1.807) is 20.8 Å². The largest absolute Gasteiger partial charge is 0.446 e. The van der Waals surface area contributed by atoms with Gasteiger partial charge in [-0.2, -0.15) is 39.5 Å². The first-order chi connectivity index (χ1) is 21.1. The minimum absolute atomic E-state index is 0.0157. The zero-order valence-corrected chi connectivity index (χ0v) is 25.3. The number of nitrogens with one attached hydrogen (secondary N) is 1. The van der Waals surface area contributed by atoms with Crippen molar-refractivity contribution in [3.8, 4) is 0 Å². The van der Waals surface area contributed by atoms with Crippen LogP contribution in [0.3, 0.4) is 0 Å². The lowest BCUT2D eigenvalue weighted by Crippen LogP contribution is -2.50. The lowest BCUT2D eigenvalue weighted by atomic mass is 9.87. The molecule has 1 heterocycles. The summed E-state index contributed by atoms with van der Waals surface area (Å²) in [6.45, 7) is 5.48. The summed E-state index contributed by atoms with van der Waals surface area (Å²) < 4.78 is 127. The van der Waals surface area contributed by atoms with Gasteiger partial charge >= 0.3 is 24.6 Å². The average Bonchev–Trinajstić information content (AvgIpc) is 2.93. The number of benzene rings is 2. The molecule has 258 valence electrons. The van der Waals surface area contributed by atoms with Crippen molar-refractivity contribution in [2.75, 3.05) is 18.0 Å². The molecule has 1 amide bonds. The standard InChI is InChI=1S/C26H27F9N4O2.C3H10N2/c1-4-18-11-21(19-10-15(24(27,28)29)5-6-20(19)39(18)23(40)41-13(2)3)38(22(36)37)12-14-7-16(25(30,31)32)9-17(8-14)26(33,34)35;4-2-1-3-5/h5-10,13,18,21H,4,11-12H2,1-3H3,(H3,36,37);1-5H2. The number of fused-ring (bicyclic) bond motifs is 1. The summed E-state index contributed by atoms with van der Waals surface area (Å²) in [5.41, 5.74) is 10.9. The SMILES string of the molecule is CCC1CC(N(Cc2cc(C(F)(F)F)cc(C(F)(F)F)c2)C(=N)N)c2cc(C(F)(F)F)ccc2N1C(=O)OC(C)C.NCCCN. The summed E-state index contributed by atoms with van der Waals surface area (Å²) in [6.07, 6.45) is -15.5. The molecule has 1 aliphatic heterocycles. The summed E-state index contributed by atoms with van der Waals surface area (Å²) >= 11 is 0. The first-order valence-corrected chi connectivity index (χ1v) is 14.2. The average molecular weight is 673 g/mol. The van der Waals surface area contributed by atoms with Gasteiger partial charge in [0.25, 0.3) is 0 Å². The normalized spacial score (nSPS) is 16.8. The molecule has 3 rings (SSSR count). The number of nitrogens with two attached hydrogens (primary N) is 3. The molecule has 0 saturated carbocycles. The molecule has 0 radical (unpaired) electrons. The van der Waals surface area contributed by atoms with E-state index in [0.717, 1.165) is 47.5 Å². The Morgan fingerprint density at radius 3 is 1.85 bits per heavy atom. The molecule has 0 bridgehead atoms. The summed E-state index contributed by atoms with van der Waals surface area (Å²) in [5.74, 6) is -0.808. The third kappa shape index (κ3) is 9.88. The molecule has 7 N–H and O–H groups in total. The predicted molar refractivity (Wildman–Crippen MR) is 154 cm³/mol. The minimum Gasteiger partial charge on any atom is -0.446 e. The summed E-state index contributed by atoms with van der Waals surface area (Å²) in [5, 5.41) is 8.09. The number of carbonyl (C=O) groups is 1. The second kappa shape index (κ2) is 15.2. The van der Waals surface area contributed by atoms with Crippen LogP contribution in [0.5, 0.6) is 0 Å². The maximum atomic E-state index is 13.7. The first-order valence-electron chi connectivity index (χ1n) is 14.2. The Morgan fingerprint density at radius 1 is 0.935 bits per heavy atom. The zero-order valence-electron chi connectivity index (χ0n) is 25.3. The van der Waals surface area contributed by atoms with Crippen LogP contribution in [0.25, 0.3) is 0 Å². The van der Waals surface area contributed by atoms with Crippen LogP contribution in [0.15, 0.2) is 36.4 Å². The number of rotatable bonds is 7. The van der Waals surface area contributed by atoms with Crippen molar-refractivity contribution in [2.24, 2.45) is 17.2 Å². The molecule has 8 nitrogen and oxygen atoms in total. The lowest BCUT2D eigenvalue weighted by Gasteiger charge is -2.44. The topological polar surface area (TPSA) is 135 Å². The van der Waals surface area contributed by atoms with E-state index in [1.807, 2.05) is 0 Å². The summed E-state index contributed by atoms with van der Waals surface area (Å²) in [7, 11) is 0. The third-order valence-corrected chi connectivity index (χ3v) is 6.93. The van der Waals surface area contributed by atoms with E-state index in [9.17, 15) is 44.3 Å². The smallest absolute Gasteiger partial charge is 0.416 e. The molecule has 0 fully saturated rings. The molecule has 46 heavy (non-hydrogen) atoms. The van der Waals surface area contributed by atoms with Gasteiger partial charge in [0.15, 0.2) is 5.96 Å². The lowest BCUT2D eigenvalue weighted by molar-refractivity contribution is -0.143. The van der Waals surface area contributed by atoms with Gasteiger partial charge in [0.05, 0.1) is 34.5 Å². The number of ether oxygens (including phenoxy) is 1. The molecular formula is C29H37F9N6O2. The second-order valence-electron chi connectivity index (χ2n) is 10.7. The van der Waals surface area contributed by atoms with Gasteiger partial charge in [0.1, 0.15) is 0 Å². The number of carbonyl (C=O) groups excluding carboxylic acids is 1. The Kier molecular flexibility index (Phi) is 12.7. The highest BCUT2D eigenvalue weighted by Gasteiger charge is 2.42. The van der Waals surface area contributed by atoms with Crippen LogP contribution in [0.1, 0.15) is 73.9 Å². The van der Waals surface area contributed by atoms with Crippen molar-refractivity contribution in [3.63, 3.8) is 0 Å². The van der Waals surface area contributed by atoms with Crippen LogP contribution in [-0.2, 0) is 29.8 Å². The number of amides is 1. The fourth-order valence-corrected chi connectivity index (χ4v) is 4.84. The molecule has 0 aromatic heterocycles. The molecule has 2 aromatic carbocycles. The Hall–Kier alpha value is -3.73. The van der Waals surface area contributed by atoms with E-state index in [2.05, 4.69) is 0 Å². The van der Waals surface area contributed by atoms with Gasteiger partial charge in [0.2, 0.25) is 0 Å². The molecule has 17 heteroatoms. The van der Waals surface area contributed by atoms with Crippen LogP contribution >= 0.6 is 0 Å². The Balaban J connectivity index is 0.00000136. The number of hydrogen-bond donors (Lipinski definition) is 4. The minimum atomic E-state index is -5.14. The van der Waals surface area contributed by atoms with Crippen LogP contribution in [0, 0.1) is 5.41 Å². The van der Waals surface area contributed by atoms with Gasteiger partial charge in [-0.1, -0.05) is 6.92 Å². The van der Waals surface area contributed by atoms with Crippen LogP contribution in [-0.4, -0.2) is 42.2 Å². The van der Waals surface area contributed by atoms with E-state index in [-0.39, 0.29) is 30.2 Å². The molecule has 2 unspecified atom stereocenters.